The Morgan fingerprint density at radius 2 is 1.73 bits per heavy atom. The Labute approximate surface area is 155 Å². The molecule has 1 atom stereocenters. The van der Waals surface area contributed by atoms with E-state index in [2.05, 4.69) is 38.2 Å². The predicted molar refractivity (Wildman–Crippen MR) is 103 cm³/mol. The SMILES string of the molecule is CCn1c(C)cc(O)c([C@@H](c2ccc(C)cc2)[NH+]2CC[NH+](C)CC2)c1=O. The van der Waals surface area contributed by atoms with E-state index in [0.717, 1.165) is 37.4 Å². The predicted octanol–water partition coefficient (Wildman–Crippen LogP) is -0.307. The molecule has 5 heteroatoms. The van der Waals surface area contributed by atoms with E-state index in [1.54, 1.807) is 10.6 Å². The van der Waals surface area contributed by atoms with Crippen LogP contribution in [-0.2, 0) is 6.54 Å². The molecule has 0 bridgehead atoms. The molecule has 1 aliphatic heterocycles. The highest BCUT2D eigenvalue weighted by atomic mass is 16.3. The molecule has 2 aromatic rings. The summed E-state index contributed by atoms with van der Waals surface area (Å²) in [6, 6.07) is 10.00. The molecule has 2 heterocycles. The summed E-state index contributed by atoms with van der Waals surface area (Å²) >= 11 is 0. The van der Waals surface area contributed by atoms with Gasteiger partial charge >= 0.3 is 0 Å². The topological polar surface area (TPSA) is 51.1 Å². The highest BCUT2D eigenvalue weighted by Crippen LogP contribution is 2.25. The first-order chi connectivity index (χ1) is 12.4. The number of quaternary nitrogens is 2. The summed E-state index contributed by atoms with van der Waals surface area (Å²) in [7, 11) is 2.21. The van der Waals surface area contributed by atoms with Crippen LogP contribution in [0, 0.1) is 13.8 Å². The second-order valence-electron chi connectivity index (χ2n) is 7.59. The summed E-state index contributed by atoms with van der Waals surface area (Å²) < 4.78 is 1.76. The minimum atomic E-state index is -0.130. The van der Waals surface area contributed by atoms with Crippen molar-refractivity contribution in [1.82, 2.24) is 4.57 Å². The van der Waals surface area contributed by atoms with Crippen molar-refractivity contribution in [3.8, 4) is 5.75 Å². The number of aryl methyl sites for hydroxylation is 2. The van der Waals surface area contributed by atoms with E-state index in [4.69, 9.17) is 0 Å². The number of likely N-dealkylation sites (N-methyl/N-ethyl adjacent to an activating group) is 1. The quantitative estimate of drug-likeness (QED) is 0.703. The number of pyridine rings is 1. The average molecular weight is 357 g/mol. The fourth-order valence-corrected chi connectivity index (χ4v) is 4.08. The van der Waals surface area contributed by atoms with Crippen molar-refractivity contribution in [2.45, 2.75) is 33.4 Å². The lowest BCUT2D eigenvalue weighted by Crippen LogP contribution is -3.27. The first-order valence-electron chi connectivity index (χ1n) is 9.58. The van der Waals surface area contributed by atoms with Crippen LogP contribution in [0.5, 0.6) is 5.75 Å². The Kier molecular flexibility index (Phi) is 5.49. The van der Waals surface area contributed by atoms with E-state index in [1.807, 2.05) is 13.8 Å². The number of nitrogens with one attached hydrogen (secondary N) is 2. The van der Waals surface area contributed by atoms with Gasteiger partial charge in [-0.3, -0.25) is 4.79 Å². The zero-order chi connectivity index (χ0) is 18.8. The van der Waals surface area contributed by atoms with Gasteiger partial charge in [-0.05, 0) is 26.8 Å². The first-order valence-corrected chi connectivity index (χ1v) is 9.58. The van der Waals surface area contributed by atoms with E-state index in [-0.39, 0.29) is 17.4 Å². The smallest absolute Gasteiger partial charge is 0.264 e. The van der Waals surface area contributed by atoms with Gasteiger partial charge in [-0.25, -0.2) is 0 Å². The van der Waals surface area contributed by atoms with Crippen LogP contribution in [-0.4, -0.2) is 42.9 Å². The van der Waals surface area contributed by atoms with Crippen LogP contribution in [0.15, 0.2) is 35.1 Å². The molecule has 1 fully saturated rings. The van der Waals surface area contributed by atoms with Gasteiger partial charge in [0.05, 0.1) is 7.05 Å². The van der Waals surface area contributed by atoms with Gasteiger partial charge in [-0.1, -0.05) is 29.8 Å². The van der Waals surface area contributed by atoms with Crippen molar-refractivity contribution in [3.63, 3.8) is 0 Å². The third kappa shape index (κ3) is 3.55. The Morgan fingerprint density at radius 1 is 1.12 bits per heavy atom. The molecule has 0 radical (unpaired) electrons. The number of aromatic nitrogens is 1. The molecule has 0 aliphatic carbocycles. The molecule has 1 aromatic carbocycles. The second-order valence-corrected chi connectivity index (χ2v) is 7.59. The van der Waals surface area contributed by atoms with Crippen LogP contribution in [0.3, 0.4) is 0 Å². The Balaban J connectivity index is 2.15. The molecule has 1 saturated heterocycles. The summed E-state index contributed by atoms with van der Waals surface area (Å²) in [4.78, 5) is 16.1. The lowest BCUT2D eigenvalue weighted by atomic mass is 9.95. The molecule has 1 aliphatic rings. The van der Waals surface area contributed by atoms with Crippen LogP contribution in [0.2, 0.25) is 0 Å². The summed E-state index contributed by atoms with van der Waals surface area (Å²) in [6.45, 7) is 10.7. The molecule has 0 spiro atoms. The number of benzene rings is 1. The van der Waals surface area contributed by atoms with E-state index in [1.165, 1.54) is 15.4 Å². The van der Waals surface area contributed by atoms with E-state index in [9.17, 15) is 9.90 Å². The van der Waals surface area contributed by atoms with Crippen molar-refractivity contribution >= 4 is 0 Å². The van der Waals surface area contributed by atoms with Crippen LogP contribution in [0.1, 0.15) is 35.3 Å². The van der Waals surface area contributed by atoms with E-state index in [0.29, 0.717) is 12.1 Å². The Morgan fingerprint density at radius 3 is 2.31 bits per heavy atom. The molecule has 0 amide bonds. The van der Waals surface area contributed by atoms with E-state index >= 15 is 0 Å². The zero-order valence-electron chi connectivity index (χ0n) is 16.3. The average Bonchev–Trinajstić information content (AvgIpc) is 2.61. The fourth-order valence-electron chi connectivity index (χ4n) is 4.08. The molecular formula is C21H31N3O2+2. The Hall–Kier alpha value is -2.11. The second kappa shape index (κ2) is 7.64. The monoisotopic (exact) mass is 357 g/mol. The summed E-state index contributed by atoms with van der Waals surface area (Å²) in [6.07, 6.45) is 0. The molecule has 26 heavy (non-hydrogen) atoms. The summed E-state index contributed by atoms with van der Waals surface area (Å²) in [5.74, 6) is 0.126. The van der Waals surface area contributed by atoms with Gasteiger partial charge in [0.15, 0.2) is 0 Å². The molecule has 140 valence electrons. The Bertz CT molecular complexity index is 818. The number of aromatic hydroxyl groups is 1. The fraction of sp³-hybridized carbons (Fsp3) is 0.476. The standard InChI is InChI=1S/C21H29N3O2/c1-5-24-16(3)14-18(25)19(21(24)26)20(17-8-6-15(2)7-9-17)23-12-10-22(4)11-13-23/h6-9,14,20,25H,5,10-13H2,1-4H3/p+2/t20-/m1/s1. The number of hydrogen-bond acceptors (Lipinski definition) is 2. The van der Waals surface area contributed by atoms with Crippen molar-refractivity contribution in [2.75, 3.05) is 33.2 Å². The van der Waals surface area contributed by atoms with Gasteiger partial charge in [-0.15, -0.1) is 0 Å². The number of rotatable bonds is 4. The maximum absolute atomic E-state index is 13.2. The van der Waals surface area contributed by atoms with Gasteiger partial charge < -0.3 is 19.5 Å². The molecular weight excluding hydrogens is 326 g/mol. The van der Waals surface area contributed by atoms with Gasteiger partial charge in [0.1, 0.15) is 43.5 Å². The molecule has 1 aromatic heterocycles. The maximum Gasteiger partial charge on any atom is 0.264 e. The summed E-state index contributed by atoms with van der Waals surface area (Å²) in [5.41, 5.74) is 3.58. The van der Waals surface area contributed by atoms with Gasteiger partial charge in [0, 0.05) is 17.8 Å². The van der Waals surface area contributed by atoms with Crippen molar-refractivity contribution in [2.24, 2.45) is 0 Å². The number of piperazine rings is 1. The van der Waals surface area contributed by atoms with Crippen molar-refractivity contribution < 1.29 is 14.9 Å². The van der Waals surface area contributed by atoms with Gasteiger partial charge in [0.2, 0.25) is 0 Å². The molecule has 3 rings (SSSR count). The summed E-state index contributed by atoms with van der Waals surface area (Å²) in [5, 5.41) is 10.7. The normalized spacial score (nSPS) is 21.5. The van der Waals surface area contributed by atoms with Crippen molar-refractivity contribution in [1.29, 1.82) is 0 Å². The lowest BCUT2D eigenvalue weighted by Gasteiger charge is -2.34. The number of nitrogens with zero attached hydrogens (tertiary/aromatic N) is 1. The van der Waals surface area contributed by atoms with Crippen molar-refractivity contribution in [3.05, 3.63) is 63.1 Å². The largest absolute Gasteiger partial charge is 0.507 e. The third-order valence-corrected chi connectivity index (χ3v) is 5.69. The van der Waals surface area contributed by atoms with E-state index < -0.39 is 0 Å². The minimum absolute atomic E-state index is 0.0608. The lowest BCUT2D eigenvalue weighted by molar-refractivity contribution is -1.02. The molecule has 5 nitrogen and oxygen atoms in total. The highest BCUT2D eigenvalue weighted by molar-refractivity contribution is 5.40. The van der Waals surface area contributed by atoms with Crippen LogP contribution < -0.4 is 15.4 Å². The van der Waals surface area contributed by atoms with Crippen LogP contribution in [0.25, 0.3) is 0 Å². The molecule has 0 saturated carbocycles. The highest BCUT2D eigenvalue weighted by Gasteiger charge is 2.35. The number of hydrogen-bond donors (Lipinski definition) is 3. The minimum Gasteiger partial charge on any atom is -0.507 e. The third-order valence-electron chi connectivity index (χ3n) is 5.69. The van der Waals surface area contributed by atoms with Gasteiger partial charge in [0.25, 0.3) is 5.56 Å². The van der Waals surface area contributed by atoms with Crippen LogP contribution in [0.4, 0.5) is 0 Å². The first kappa shape index (κ1) is 18.7. The van der Waals surface area contributed by atoms with Crippen LogP contribution >= 0.6 is 0 Å². The maximum atomic E-state index is 13.2. The molecule has 0 unspecified atom stereocenters. The van der Waals surface area contributed by atoms with Gasteiger partial charge in [-0.2, -0.15) is 0 Å². The zero-order valence-corrected chi connectivity index (χ0v) is 16.3. The molecule has 3 N–H and O–H groups in total.